The lowest BCUT2D eigenvalue weighted by atomic mass is 10.2. The van der Waals surface area contributed by atoms with Gasteiger partial charge in [-0.1, -0.05) is 0 Å². The van der Waals surface area contributed by atoms with E-state index in [0.717, 1.165) is 0 Å². The molecule has 17 heavy (non-hydrogen) atoms. The SMILES string of the molecule is CCN1C(=O)CC(NCC(=O)NC(C)C)C1=O. The van der Waals surface area contributed by atoms with Gasteiger partial charge >= 0.3 is 0 Å². The van der Waals surface area contributed by atoms with Crippen LogP contribution in [0.3, 0.4) is 0 Å². The average molecular weight is 241 g/mol. The minimum atomic E-state index is -0.555. The first-order valence-electron chi connectivity index (χ1n) is 5.82. The molecule has 1 rings (SSSR count). The topological polar surface area (TPSA) is 78.5 Å². The van der Waals surface area contributed by atoms with E-state index in [2.05, 4.69) is 10.6 Å². The fourth-order valence-electron chi connectivity index (χ4n) is 1.76. The number of rotatable bonds is 5. The average Bonchev–Trinajstić information content (AvgIpc) is 2.49. The molecule has 6 heteroatoms. The van der Waals surface area contributed by atoms with E-state index < -0.39 is 6.04 Å². The molecule has 1 atom stereocenters. The molecule has 1 unspecified atom stereocenters. The van der Waals surface area contributed by atoms with Gasteiger partial charge < -0.3 is 5.32 Å². The van der Waals surface area contributed by atoms with E-state index in [1.54, 1.807) is 6.92 Å². The molecule has 0 aromatic carbocycles. The lowest BCUT2D eigenvalue weighted by Crippen LogP contribution is -2.44. The zero-order chi connectivity index (χ0) is 13.0. The van der Waals surface area contributed by atoms with Crippen LogP contribution in [-0.2, 0) is 14.4 Å². The quantitative estimate of drug-likeness (QED) is 0.621. The zero-order valence-electron chi connectivity index (χ0n) is 10.4. The molecule has 0 aliphatic carbocycles. The van der Waals surface area contributed by atoms with Crippen molar-refractivity contribution < 1.29 is 14.4 Å². The highest BCUT2D eigenvalue weighted by Gasteiger charge is 2.37. The highest BCUT2D eigenvalue weighted by atomic mass is 16.2. The van der Waals surface area contributed by atoms with E-state index in [1.165, 1.54) is 4.90 Å². The van der Waals surface area contributed by atoms with Gasteiger partial charge in [-0.15, -0.1) is 0 Å². The zero-order valence-corrected chi connectivity index (χ0v) is 10.4. The number of nitrogens with one attached hydrogen (secondary N) is 2. The van der Waals surface area contributed by atoms with Crippen molar-refractivity contribution in [2.24, 2.45) is 0 Å². The van der Waals surface area contributed by atoms with Crippen molar-refractivity contribution in [2.45, 2.75) is 39.3 Å². The number of carbonyl (C=O) groups is 3. The summed E-state index contributed by atoms with van der Waals surface area (Å²) in [6.45, 7) is 5.92. The van der Waals surface area contributed by atoms with Gasteiger partial charge in [0, 0.05) is 12.6 Å². The molecule has 1 aliphatic heterocycles. The normalized spacial score (nSPS) is 20.2. The maximum Gasteiger partial charge on any atom is 0.246 e. The van der Waals surface area contributed by atoms with Gasteiger partial charge in [0.2, 0.25) is 17.7 Å². The number of carbonyl (C=O) groups excluding carboxylic acids is 3. The Morgan fingerprint density at radius 3 is 2.59 bits per heavy atom. The first kappa shape index (κ1) is 13.6. The van der Waals surface area contributed by atoms with Crippen molar-refractivity contribution in [3.8, 4) is 0 Å². The van der Waals surface area contributed by atoms with Gasteiger partial charge in [0.05, 0.1) is 19.0 Å². The Bertz CT molecular complexity index is 328. The predicted octanol–water partition coefficient (Wildman–Crippen LogP) is -0.752. The molecule has 0 aromatic rings. The first-order valence-corrected chi connectivity index (χ1v) is 5.82. The van der Waals surface area contributed by atoms with E-state index in [4.69, 9.17) is 0 Å². The molecular formula is C11H19N3O3. The smallest absolute Gasteiger partial charge is 0.246 e. The summed E-state index contributed by atoms with van der Waals surface area (Å²) in [7, 11) is 0. The van der Waals surface area contributed by atoms with Gasteiger partial charge in [-0.25, -0.2) is 0 Å². The van der Waals surface area contributed by atoms with Gasteiger partial charge in [0.25, 0.3) is 0 Å². The fourth-order valence-corrected chi connectivity index (χ4v) is 1.76. The Morgan fingerprint density at radius 1 is 1.47 bits per heavy atom. The number of amides is 3. The molecular weight excluding hydrogens is 222 g/mol. The summed E-state index contributed by atoms with van der Waals surface area (Å²) in [4.78, 5) is 35.7. The molecule has 1 fully saturated rings. The molecule has 2 N–H and O–H groups in total. The Kier molecular flexibility index (Phi) is 4.62. The Labute approximate surface area is 101 Å². The predicted molar refractivity (Wildman–Crippen MR) is 62.1 cm³/mol. The lowest BCUT2D eigenvalue weighted by molar-refractivity contribution is -0.138. The second kappa shape index (κ2) is 5.77. The van der Waals surface area contributed by atoms with Gasteiger partial charge in [0.15, 0.2) is 0 Å². The van der Waals surface area contributed by atoms with Crippen LogP contribution in [0.15, 0.2) is 0 Å². The maximum atomic E-state index is 11.7. The molecule has 0 aromatic heterocycles. The Hall–Kier alpha value is -1.43. The highest BCUT2D eigenvalue weighted by Crippen LogP contribution is 2.11. The minimum absolute atomic E-state index is 0.0550. The van der Waals surface area contributed by atoms with Crippen LogP contribution in [-0.4, -0.2) is 47.8 Å². The van der Waals surface area contributed by atoms with Crippen molar-refractivity contribution in [1.82, 2.24) is 15.5 Å². The summed E-state index contributed by atoms with van der Waals surface area (Å²) in [6, 6.07) is -0.488. The van der Waals surface area contributed by atoms with Crippen LogP contribution in [0, 0.1) is 0 Å². The third-order valence-electron chi connectivity index (χ3n) is 2.52. The summed E-state index contributed by atoms with van der Waals surface area (Å²) < 4.78 is 0. The summed E-state index contributed by atoms with van der Waals surface area (Å²) in [6.07, 6.45) is 0.141. The highest BCUT2D eigenvalue weighted by molar-refractivity contribution is 6.05. The largest absolute Gasteiger partial charge is 0.353 e. The number of likely N-dealkylation sites (N-methyl/N-ethyl adjacent to an activating group) is 1. The summed E-state index contributed by atoms with van der Waals surface area (Å²) in [5, 5.41) is 5.51. The van der Waals surface area contributed by atoms with Crippen molar-refractivity contribution >= 4 is 17.7 Å². The van der Waals surface area contributed by atoms with E-state index in [1.807, 2.05) is 13.8 Å². The third kappa shape index (κ3) is 3.52. The van der Waals surface area contributed by atoms with Crippen LogP contribution < -0.4 is 10.6 Å². The van der Waals surface area contributed by atoms with Crippen LogP contribution in [0.5, 0.6) is 0 Å². The van der Waals surface area contributed by atoms with Crippen molar-refractivity contribution in [3.05, 3.63) is 0 Å². The lowest BCUT2D eigenvalue weighted by Gasteiger charge is -2.13. The van der Waals surface area contributed by atoms with Crippen LogP contribution in [0.25, 0.3) is 0 Å². The van der Waals surface area contributed by atoms with Crippen molar-refractivity contribution in [2.75, 3.05) is 13.1 Å². The molecule has 96 valence electrons. The van der Waals surface area contributed by atoms with Gasteiger partial charge in [0.1, 0.15) is 0 Å². The Morgan fingerprint density at radius 2 is 2.12 bits per heavy atom. The summed E-state index contributed by atoms with van der Waals surface area (Å²) >= 11 is 0. The van der Waals surface area contributed by atoms with Crippen LogP contribution >= 0.6 is 0 Å². The summed E-state index contributed by atoms with van der Waals surface area (Å²) in [5.41, 5.74) is 0. The molecule has 6 nitrogen and oxygen atoms in total. The van der Waals surface area contributed by atoms with Crippen LogP contribution in [0.2, 0.25) is 0 Å². The monoisotopic (exact) mass is 241 g/mol. The van der Waals surface area contributed by atoms with Gasteiger partial charge in [-0.3, -0.25) is 24.6 Å². The van der Waals surface area contributed by atoms with Crippen LogP contribution in [0.4, 0.5) is 0 Å². The molecule has 0 bridgehead atoms. The minimum Gasteiger partial charge on any atom is -0.353 e. The number of nitrogens with zero attached hydrogens (tertiary/aromatic N) is 1. The number of hydrogen-bond acceptors (Lipinski definition) is 4. The van der Waals surface area contributed by atoms with Gasteiger partial charge in [-0.05, 0) is 20.8 Å². The number of hydrogen-bond donors (Lipinski definition) is 2. The summed E-state index contributed by atoms with van der Waals surface area (Å²) in [5.74, 6) is -0.593. The van der Waals surface area contributed by atoms with E-state index >= 15 is 0 Å². The number of likely N-dealkylation sites (tertiary alicyclic amines) is 1. The molecule has 1 saturated heterocycles. The third-order valence-corrected chi connectivity index (χ3v) is 2.52. The molecule has 0 radical (unpaired) electrons. The molecule has 3 amide bonds. The standard InChI is InChI=1S/C11H19N3O3/c1-4-14-10(16)5-8(11(14)17)12-6-9(15)13-7(2)3/h7-8,12H,4-6H2,1-3H3,(H,13,15). The van der Waals surface area contributed by atoms with E-state index in [9.17, 15) is 14.4 Å². The van der Waals surface area contributed by atoms with Crippen LogP contribution in [0.1, 0.15) is 27.2 Å². The second-order valence-corrected chi connectivity index (χ2v) is 4.34. The molecule has 0 spiro atoms. The van der Waals surface area contributed by atoms with Crippen molar-refractivity contribution in [1.29, 1.82) is 0 Å². The molecule has 1 aliphatic rings. The maximum absolute atomic E-state index is 11.7. The Balaban J connectivity index is 2.41. The fraction of sp³-hybridized carbons (Fsp3) is 0.727. The molecule has 1 heterocycles. The molecule has 0 saturated carbocycles. The first-order chi connectivity index (χ1) is 7.95. The van der Waals surface area contributed by atoms with E-state index in [-0.39, 0.29) is 36.7 Å². The van der Waals surface area contributed by atoms with E-state index in [0.29, 0.717) is 6.54 Å². The van der Waals surface area contributed by atoms with Gasteiger partial charge in [-0.2, -0.15) is 0 Å². The second-order valence-electron chi connectivity index (χ2n) is 4.34. The van der Waals surface area contributed by atoms with Crippen molar-refractivity contribution in [3.63, 3.8) is 0 Å². The number of imide groups is 1.